The van der Waals surface area contributed by atoms with Gasteiger partial charge in [0.15, 0.2) is 5.78 Å². The topological polar surface area (TPSA) is 17.1 Å². The Morgan fingerprint density at radius 1 is 1.43 bits per heavy atom. The molecule has 0 aromatic carbocycles. The first-order chi connectivity index (χ1) is 6.48. The average Bonchev–Trinajstić information content (AvgIpc) is 2.81. The number of rotatable bonds is 1. The van der Waals surface area contributed by atoms with E-state index in [2.05, 4.69) is 0 Å². The molecule has 2 rings (SSSR count). The van der Waals surface area contributed by atoms with Crippen molar-refractivity contribution in [1.29, 1.82) is 0 Å². The predicted octanol–water partition coefficient (Wildman–Crippen LogP) is 3.35. The fourth-order valence-electron chi connectivity index (χ4n) is 2.34. The Morgan fingerprint density at radius 3 is 2.79 bits per heavy atom. The van der Waals surface area contributed by atoms with E-state index >= 15 is 0 Å². The molecule has 1 nitrogen and oxygen atoms in total. The lowest BCUT2D eigenvalue weighted by Gasteiger charge is -2.17. The second-order valence-electron chi connectivity index (χ2n) is 5.83. The molecule has 0 aliphatic heterocycles. The number of carbonyl (C=O) groups excluding carboxylic acids is 1. The zero-order valence-electron chi connectivity index (χ0n) is 9.47. The van der Waals surface area contributed by atoms with Crippen LogP contribution in [0.15, 0.2) is 11.6 Å². The Bertz CT molecular complexity index is 280. The van der Waals surface area contributed by atoms with Crippen LogP contribution < -0.4 is 0 Å². The average molecular weight is 192 g/mol. The molecule has 0 heterocycles. The summed E-state index contributed by atoms with van der Waals surface area (Å²) in [4.78, 5) is 11.8. The molecule has 0 radical (unpaired) electrons. The molecule has 78 valence electrons. The maximum Gasteiger partial charge on any atom is 0.160 e. The highest BCUT2D eigenvalue weighted by atomic mass is 16.1. The third-order valence-corrected chi connectivity index (χ3v) is 3.49. The summed E-state index contributed by atoms with van der Waals surface area (Å²) in [5.74, 6) is 2.03. The summed E-state index contributed by atoms with van der Waals surface area (Å²) >= 11 is 0. The maximum absolute atomic E-state index is 11.8. The van der Waals surface area contributed by atoms with Gasteiger partial charge in [-0.2, -0.15) is 0 Å². The fraction of sp³-hybridized carbons (Fsp3) is 0.769. The molecule has 0 spiro atoms. The first kappa shape index (κ1) is 9.95. The minimum absolute atomic E-state index is 0.200. The molecule has 2 aliphatic carbocycles. The van der Waals surface area contributed by atoms with Gasteiger partial charge < -0.3 is 0 Å². The highest BCUT2D eigenvalue weighted by Crippen LogP contribution is 2.52. The van der Waals surface area contributed by atoms with Crippen LogP contribution in [0.1, 0.15) is 46.5 Å². The molecule has 2 saturated carbocycles. The largest absolute Gasteiger partial charge is 0.294 e. The predicted molar refractivity (Wildman–Crippen MR) is 58.0 cm³/mol. The van der Waals surface area contributed by atoms with Gasteiger partial charge in [0, 0.05) is 5.41 Å². The van der Waals surface area contributed by atoms with Crippen LogP contribution in [0.5, 0.6) is 0 Å². The van der Waals surface area contributed by atoms with E-state index < -0.39 is 0 Å². The molecule has 0 N–H and O–H groups in total. The van der Waals surface area contributed by atoms with Crippen LogP contribution >= 0.6 is 0 Å². The molecule has 0 saturated heterocycles. The van der Waals surface area contributed by atoms with E-state index in [1.54, 1.807) is 0 Å². The fourth-order valence-corrected chi connectivity index (χ4v) is 2.34. The summed E-state index contributed by atoms with van der Waals surface area (Å²) in [6, 6.07) is 0. The number of fused-ring (bicyclic) bond motifs is 1. The Morgan fingerprint density at radius 2 is 2.14 bits per heavy atom. The van der Waals surface area contributed by atoms with Crippen LogP contribution in [0.2, 0.25) is 0 Å². The normalized spacial score (nSPS) is 34.1. The molecule has 2 unspecified atom stereocenters. The van der Waals surface area contributed by atoms with Crippen molar-refractivity contribution in [2.75, 3.05) is 0 Å². The van der Waals surface area contributed by atoms with E-state index in [0.29, 0.717) is 5.78 Å². The summed E-state index contributed by atoms with van der Waals surface area (Å²) in [6.07, 6.45) is 7.16. The van der Waals surface area contributed by atoms with Crippen LogP contribution in [-0.4, -0.2) is 5.78 Å². The number of hydrogen-bond donors (Lipinski definition) is 0. The molecule has 14 heavy (non-hydrogen) atoms. The third-order valence-electron chi connectivity index (χ3n) is 3.49. The van der Waals surface area contributed by atoms with Crippen LogP contribution in [0.3, 0.4) is 0 Å². The summed E-state index contributed by atoms with van der Waals surface area (Å²) in [5, 5.41) is 0. The molecule has 0 aromatic heterocycles. The van der Waals surface area contributed by atoms with Crippen molar-refractivity contribution < 1.29 is 4.79 Å². The van der Waals surface area contributed by atoms with E-state index in [4.69, 9.17) is 0 Å². The van der Waals surface area contributed by atoms with Crippen molar-refractivity contribution in [2.24, 2.45) is 17.3 Å². The first-order valence-corrected chi connectivity index (χ1v) is 5.73. The molecule has 2 fully saturated rings. The van der Waals surface area contributed by atoms with Gasteiger partial charge >= 0.3 is 0 Å². The highest BCUT2D eigenvalue weighted by molar-refractivity contribution is 5.94. The smallest absolute Gasteiger partial charge is 0.160 e. The second-order valence-corrected chi connectivity index (χ2v) is 5.83. The molecular weight excluding hydrogens is 172 g/mol. The lowest BCUT2D eigenvalue weighted by molar-refractivity contribution is -0.121. The van der Waals surface area contributed by atoms with Crippen molar-refractivity contribution in [3.8, 4) is 0 Å². The van der Waals surface area contributed by atoms with Crippen molar-refractivity contribution >= 4 is 5.78 Å². The van der Waals surface area contributed by atoms with E-state index in [1.165, 1.54) is 31.3 Å². The first-order valence-electron chi connectivity index (χ1n) is 5.73. The monoisotopic (exact) mass is 192 g/mol. The van der Waals surface area contributed by atoms with Gasteiger partial charge in [-0.25, -0.2) is 0 Å². The van der Waals surface area contributed by atoms with E-state index in [9.17, 15) is 4.79 Å². The molecule has 2 aliphatic rings. The van der Waals surface area contributed by atoms with Gasteiger partial charge in [-0.3, -0.25) is 4.79 Å². The molecule has 2 atom stereocenters. The molecule has 0 amide bonds. The van der Waals surface area contributed by atoms with Gasteiger partial charge in [-0.1, -0.05) is 26.3 Å². The molecular formula is C13H20O. The van der Waals surface area contributed by atoms with Crippen LogP contribution in [0, 0.1) is 17.3 Å². The summed E-state index contributed by atoms with van der Waals surface area (Å²) in [6.45, 7) is 6.00. The van der Waals surface area contributed by atoms with Crippen LogP contribution in [0.25, 0.3) is 0 Å². The SMILES string of the molecule is CC(C)(C)C(=O)C=C1CCCC2CC12. The quantitative estimate of drug-likeness (QED) is 0.582. The van der Waals surface area contributed by atoms with Crippen molar-refractivity contribution in [2.45, 2.75) is 46.5 Å². The van der Waals surface area contributed by atoms with Gasteiger partial charge in [-0.15, -0.1) is 0 Å². The minimum atomic E-state index is -0.200. The molecule has 0 bridgehead atoms. The lowest BCUT2D eigenvalue weighted by Crippen LogP contribution is -2.18. The zero-order valence-corrected chi connectivity index (χ0v) is 9.47. The Kier molecular flexibility index (Phi) is 2.29. The Labute approximate surface area is 86.6 Å². The van der Waals surface area contributed by atoms with Gasteiger partial charge in [0.2, 0.25) is 0 Å². The molecule has 0 aromatic rings. The van der Waals surface area contributed by atoms with Crippen LogP contribution in [0.4, 0.5) is 0 Å². The van der Waals surface area contributed by atoms with E-state index in [1.807, 2.05) is 26.8 Å². The maximum atomic E-state index is 11.8. The third kappa shape index (κ3) is 1.92. The summed E-state index contributed by atoms with van der Waals surface area (Å²) < 4.78 is 0. The van der Waals surface area contributed by atoms with Crippen molar-refractivity contribution in [3.05, 3.63) is 11.6 Å². The Balaban J connectivity index is 2.07. The lowest BCUT2D eigenvalue weighted by atomic mass is 9.86. The summed E-state index contributed by atoms with van der Waals surface area (Å²) in [5.41, 5.74) is 1.25. The van der Waals surface area contributed by atoms with Gasteiger partial charge in [-0.05, 0) is 43.6 Å². The van der Waals surface area contributed by atoms with Gasteiger partial charge in [0.1, 0.15) is 0 Å². The number of hydrogen-bond acceptors (Lipinski definition) is 1. The standard InChI is InChI=1S/C13H20O/c1-13(2,3)12(14)8-10-6-4-5-9-7-11(9)10/h8-9,11H,4-7H2,1-3H3. The second kappa shape index (κ2) is 3.22. The van der Waals surface area contributed by atoms with Crippen molar-refractivity contribution in [1.82, 2.24) is 0 Å². The highest BCUT2D eigenvalue weighted by Gasteiger charge is 2.42. The van der Waals surface area contributed by atoms with E-state index in [0.717, 1.165) is 11.8 Å². The van der Waals surface area contributed by atoms with E-state index in [-0.39, 0.29) is 5.41 Å². The number of ketones is 1. The number of allylic oxidation sites excluding steroid dienone is 2. The number of carbonyl (C=O) groups is 1. The molecule has 1 heteroatoms. The summed E-state index contributed by atoms with van der Waals surface area (Å²) in [7, 11) is 0. The zero-order chi connectivity index (χ0) is 10.3. The van der Waals surface area contributed by atoms with Gasteiger partial charge in [0.25, 0.3) is 0 Å². The van der Waals surface area contributed by atoms with Gasteiger partial charge in [0.05, 0.1) is 0 Å². The van der Waals surface area contributed by atoms with Crippen molar-refractivity contribution in [3.63, 3.8) is 0 Å². The van der Waals surface area contributed by atoms with Crippen LogP contribution in [-0.2, 0) is 4.79 Å². The Hall–Kier alpha value is -0.590. The minimum Gasteiger partial charge on any atom is -0.294 e.